The number of rotatable bonds is 2. The molecule has 1 aromatic heterocycles. The standard InChI is InChI=1S/C17H16O5/c1-4-20-9-11-14-12(22-17(2,3)16(11)19)7-5-10-6-8-13(18)21-15(10)14/h5-9H,4H2,1-3H3/b11-9-. The van der Waals surface area contributed by atoms with Gasteiger partial charge in [-0.15, -0.1) is 0 Å². The SMILES string of the molecule is CCO/C=C1\C(=O)C(C)(C)Oc2ccc3ccc(=O)oc3c21. The number of fused-ring (bicyclic) bond motifs is 3. The fraction of sp³-hybridized carbons (Fsp3) is 0.294. The summed E-state index contributed by atoms with van der Waals surface area (Å²) in [5, 5.41) is 0.719. The number of Topliss-reactive ketones (excluding diaryl/α,β-unsaturated/α-hetero) is 1. The summed E-state index contributed by atoms with van der Waals surface area (Å²) in [7, 11) is 0. The van der Waals surface area contributed by atoms with Crippen molar-refractivity contribution >= 4 is 22.3 Å². The van der Waals surface area contributed by atoms with Crippen LogP contribution in [0.5, 0.6) is 5.75 Å². The van der Waals surface area contributed by atoms with Gasteiger partial charge in [-0.2, -0.15) is 0 Å². The van der Waals surface area contributed by atoms with E-state index >= 15 is 0 Å². The second-order valence-electron chi connectivity index (χ2n) is 5.54. The van der Waals surface area contributed by atoms with Crippen LogP contribution >= 0.6 is 0 Å². The Balaban J connectivity index is 2.36. The van der Waals surface area contributed by atoms with E-state index in [4.69, 9.17) is 13.9 Å². The maximum absolute atomic E-state index is 12.7. The predicted molar refractivity (Wildman–Crippen MR) is 81.8 cm³/mol. The van der Waals surface area contributed by atoms with Crippen molar-refractivity contribution in [2.75, 3.05) is 6.61 Å². The number of hydrogen-bond donors (Lipinski definition) is 0. The van der Waals surface area contributed by atoms with Gasteiger partial charge in [0.2, 0.25) is 5.78 Å². The number of ketones is 1. The lowest BCUT2D eigenvalue weighted by atomic mass is 9.87. The number of carbonyl (C=O) groups excluding carboxylic acids is 1. The molecule has 0 radical (unpaired) electrons. The van der Waals surface area contributed by atoms with Gasteiger partial charge in [0.05, 0.1) is 24.0 Å². The molecule has 1 aliphatic heterocycles. The quantitative estimate of drug-likeness (QED) is 0.484. The summed E-state index contributed by atoms with van der Waals surface area (Å²) >= 11 is 0. The molecule has 5 nitrogen and oxygen atoms in total. The van der Waals surface area contributed by atoms with Crippen LogP contribution in [0.3, 0.4) is 0 Å². The minimum atomic E-state index is -1.00. The number of hydrogen-bond acceptors (Lipinski definition) is 5. The molecule has 0 fully saturated rings. The summed E-state index contributed by atoms with van der Waals surface area (Å²) in [5.41, 5.74) is -0.326. The van der Waals surface area contributed by atoms with E-state index < -0.39 is 11.2 Å². The molecule has 2 heterocycles. The lowest BCUT2D eigenvalue weighted by molar-refractivity contribution is -0.126. The summed E-state index contributed by atoms with van der Waals surface area (Å²) in [4.78, 5) is 24.2. The summed E-state index contributed by atoms with van der Waals surface area (Å²) in [6.07, 6.45) is 1.41. The first-order valence-corrected chi connectivity index (χ1v) is 7.07. The fourth-order valence-corrected chi connectivity index (χ4v) is 2.49. The molecule has 0 amide bonds. The van der Waals surface area contributed by atoms with E-state index in [0.717, 1.165) is 5.39 Å². The van der Waals surface area contributed by atoms with Crippen LogP contribution in [0.2, 0.25) is 0 Å². The number of carbonyl (C=O) groups is 1. The second kappa shape index (κ2) is 5.02. The Bertz CT molecular complexity index is 842. The van der Waals surface area contributed by atoms with Crippen molar-refractivity contribution in [2.45, 2.75) is 26.4 Å². The second-order valence-corrected chi connectivity index (χ2v) is 5.54. The maximum atomic E-state index is 12.7. The van der Waals surface area contributed by atoms with Crippen molar-refractivity contribution in [3.8, 4) is 5.75 Å². The van der Waals surface area contributed by atoms with Crippen LogP contribution in [0.1, 0.15) is 26.3 Å². The molecule has 2 aromatic rings. The Hall–Kier alpha value is -2.56. The molecule has 0 spiro atoms. The monoisotopic (exact) mass is 300 g/mol. The van der Waals surface area contributed by atoms with Crippen LogP contribution in [0.4, 0.5) is 0 Å². The fourth-order valence-electron chi connectivity index (χ4n) is 2.49. The number of benzene rings is 1. The predicted octanol–water partition coefficient (Wildman–Crippen LogP) is 2.91. The van der Waals surface area contributed by atoms with E-state index in [1.807, 2.05) is 6.92 Å². The van der Waals surface area contributed by atoms with Gasteiger partial charge in [0.15, 0.2) is 5.60 Å². The molecule has 0 saturated carbocycles. The van der Waals surface area contributed by atoms with Gasteiger partial charge in [0.25, 0.3) is 0 Å². The van der Waals surface area contributed by atoms with E-state index in [0.29, 0.717) is 29.1 Å². The Labute approximate surface area is 127 Å². The van der Waals surface area contributed by atoms with Gasteiger partial charge in [0, 0.05) is 11.5 Å². The molecule has 0 bridgehead atoms. The van der Waals surface area contributed by atoms with E-state index in [9.17, 15) is 9.59 Å². The Morgan fingerprint density at radius 2 is 1.91 bits per heavy atom. The van der Waals surface area contributed by atoms with Crippen LogP contribution in [0.15, 0.2) is 39.7 Å². The van der Waals surface area contributed by atoms with Crippen molar-refractivity contribution in [1.29, 1.82) is 0 Å². The third-order valence-corrected chi connectivity index (χ3v) is 3.55. The van der Waals surface area contributed by atoms with Crippen molar-refractivity contribution in [3.05, 3.63) is 46.5 Å². The first kappa shape index (κ1) is 14.4. The molecule has 1 aliphatic rings. The average molecular weight is 300 g/mol. The largest absolute Gasteiger partial charge is 0.501 e. The third kappa shape index (κ3) is 2.19. The summed E-state index contributed by atoms with van der Waals surface area (Å²) < 4.78 is 16.4. The molecular formula is C17H16O5. The van der Waals surface area contributed by atoms with Gasteiger partial charge in [-0.05, 0) is 39.0 Å². The molecule has 3 rings (SSSR count). The number of ether oxygens (including phenoxy) is 2. The molecule has 0 atom stereocenters. The normalized spacial score (nSPS) is 18.1. The Kier molecular flexibility index (Phi) is 3.28. The first-order chi connectivity index (χ1) is 10.4. The maximum Gasteiger partial charge on any atom is 0.336 e. The molecule has 0 aliphatic carbocycles. The smallest absolute Gasteiger partial charge is 0.336 e. The molecular weight excluding hydrogens is 284 g/mol. The lowest BCUT2D eigenvalue weighted by Crippen LogP contribution is -2.42. The highest BCUT2D eigenvalue weighted by molar-refractivity contribution is 6.28. The van der Waals surface area contributed by atoms with Crippen LogP contribution < -0.4 is 10.4 Å². The highest BCUT2D eigenvalue weighted by Crippen LogP contribution is 2.41. The average Bonchev–Trinajstić information content (AvgIpc) is 2.47. The van der Waals surface area contributed by atoms with Crippen LogP contribution in [0, 0.1) is 0 Å². The minimum absolute atomic E-state index is 0.215. The molecule has 22 heavy (non-hydrogen) atoms. The van der Waals surface area contributed by atoms with E-state index in [1.54, 1.807) is 32.0 Å². The van der Waals surface area contributed by atoms with E-state index in [2.05, 4.69) is 0 Å². The zero-order chi connectivity index (χ0) is 15.9. The Morgan fingerprint density at radius 1 is 1.18 bits per heavy atom. The van der Waals surface area contributed by atoms with Crippen molar-refractivity contribution in [2.24, 2.45) is 0 Å². The van der Waals surface area contributed by atoms with Crippen LogP contribution in [0.25, 0.3) is 16.5 Å². The Morgan fingerprint density at radius 3 is 2.64 bits per heavy atom. The lowest BCUT2D eigenvalue weighted by Gasteiger charge is -2.32. The van der Waals surface area contributed by atoms with Crippen molar-refractivity contribution in [3.63, 3.8) is 0 Å². The zero-order valence-electron chi connectivity index (χ0n) is 12.6. The van der Waals surface area contributed by atoms with Crippen LogP contribution in [-0.2, 0) is 9.53 Å². The zero-order valence-corrected chi connectivity index (χ0v) is 12.6. The van der Waals surface area contributed by atoms with Crippen LogP contribution in [-0.4, -0.2) is 18.0 Å². The molecule has 0 saturated heterocycles. The molecule has 0 N–H and O–H groups in total. The van der Waals surface area contributed by atoms with Gasteiger partial charge < -0.3 is 13.9 Å². The third-order valence-electron chi connectivity index (χ3n) is 3.55. The van der Waals surface area contributed by atoms with Gasteiger partial charge >= 0.3 is 5.63 Å². The first-order valence-electron chi connectivity index (χ1n) is 7.07. The van der Waals surface area contributed by atoms with E-state index in [1.165, 1.54) is 12.3 Å². The van der Waals surface area contributed by atoms with Crippen molar-refractivity contribution < 1.29 is 18.7 Å². The van der Waals surface area contributed by atoms with Crippen molar-refractivity contribution in [1.82, 2.24) is 0 Å². The summed E-state index contributed by atoms with van der Waals surface area (Å²) in [5.74, 6) is 0.282. The topological polar surface area (TPSA) is 65.7 Å². The molecule has 1 aromatic carbocycles. The van der Waals surface area contributed by atoms with E-state index in [-0.39, 0.29) is 5.78 Å². The van der Waals surface area contributed by atoms with Gasteiger partial charge in [-0.25, -0.2) is 4.79 Å². The molecule has 114 valence electrons. The van der Waals surface area contributed by atoms with Gasteiger partial charge in [0.1, 0.15) is 11.3 Å². The highest BCUT2D eigenvalue weighted by Gasteiger charge is 2.40. The molecule has 5 heteroatoms. The summed E-state index contributed by atoms with van der Waals surface area (Å²) in [6.45, 7) is 5.66. The van der Waals surface area contributed by atoms with Gasteiger partial charge in [-0.3, -0.25) is 4.79 Å². The summed E-state index contributed by atoms with van der Waals surface area (Å²) in [6, 6.07) is 6.56. The highest BCUT2D eigenvalue weighted by atomic mass is 16.5. The van der Waals surface area contributed by atoms with Gasteiger partial charge in [-0.1, -0.05) is 0 Å². The minimum Gasteiger partial charge on any atom is -0.501 e. The molecule has 0 unspecified atom stereocenters.